The monoisotopic (exact) mass is 211 g/mol. The van der Waals surface area contributed by atoms with Crippen molar-refractivity contribution < 1.29 is 5.11 Å². The van der Waals surface area contributed by atoms with Gasteiger partial charge in [0.15, 0.2) is 0 Å². The van der Waals surface area contributed by atoms with Crippen LogP contribution in [0.1, 0.15) is 47.0 Å². The molecule has 0 spiro atoms. The van der Waals surface area contributed by atoms with Crippen LogP contribution in [-0.4, -0.2) is 33.7 Å². The highest BCUT2D eigenvalue weighted by Gasteiger charge is 2.45. The predicted octanol–water partition coefficient (Wildman–Crippen LogP) is 2.58. The fourth-order valence-corrected chi connectivity index (χ4v) is 3.04. The summed E-state index contributed by atoms with van der Waals surface area (Å²) in [6.45, 7) is 13.6. The van der Waals surface area contributed by atoms with E-state index in [-0.39, 0.29) is 17.2 Å². The van der Waals surface area contributed by atoms with Crippen molar-refractivity contribution in [1.82, 2.24) is 4.90 Å². The van der Waals surface area contributed by atoms with Gasteiger partial charge in [-0.25, -0.2) is 0 Å². The zero-order valence-electron chi connectivity index (χ0n) is 10.6. The first kappa shape index (κ1) is 12.7. The number of nitrogens with zero attached hydrogens (tertiary/aromatic N) is 1. The minimum atomic E-state index is -0.161. The number of piperidine rings is 1. The Morgan fingerprint density at radius 1 is 1.40 bits per heavy atom. The van der Waals surface area contributed by atoms with Crippen LogP contribution in [0.25, 0.3) is 0 Å². The lowest BCUT2D eigenvalue weighted by molar-refractivity contribution is -0.0833. The van der Waals surface area contributed by atoms with Gasteiger partial charge in [-0.2, -0.15) is 0 Å². The van der Waals surface area contributed by atoms with Gasteiger partial charge in [-0.15, -0.1) is 6.58 Å². The number of aliphatic hydroxyl groups is 1. The van der Waals surface area contributed by atoms with Crippen LogP contribution in [0.3, 0.4) is 0 Å². The van der Waals surface area contributed by atoms with Crippen LogP contribution in [0.2, 0.25) is 0 Å². The molecule has 88 valence electrons. The van der Waals surface area contributed by atoms with Gasteiger partial charge in [0.25, 0.3) is 0 Å². The Labute approximate surface area is 94.0 Å². The van der Waals surface area contributed by atoms with Crippen molar-refractivity contribution in [2.24, 2.45) is 0 Å². The van der Waals surface area contributed by atoms with E-state index in [1.165, 1.54) is 0 Å². The normalized spacial score (nSPS) is 36.5. The average Bonchev–Trinajstić information content (AvgIpc) is 2.10. The van der Waals surface area contributed by atoms with Gasteiger partial charge in [-0.1, -0.05) is 13.0 Å². The van der Waals surface area contributed by atoms with E-state index in [2.05, 4.69) is 39.2 Å². The van der Waals surface area contributed by atoms with Gasteiger partial charge in [0.05, 0.1) is 6.10 Å². The molecule has 0 radical (unpaired) electrons. The van der Waals surface area contributed by atoms with Gasteiger partial charge >= 0.3 is 0 Å². The van der Waals surface area contributed by atoms with Crippen molar-refractivity contribution in [1.29, 1.82) is 0 Å². The Hall–Kier alpha value is -0.340. The quantitative estimate of drug-likeness (QED) is 0.725. The predicted molar refractivity (Wildman–Crippen MR) is 64.9 cm³/mol. The van der Waals surface area contributed by atoms with Crippen molar-refractivity contribution in [3.05, 3.63) is 12.7 Å². The molecule has 1 aliphatic rings. The molecule has 1 rings (SSSR count). The summed E-state index contributed by atoms with van der Waals surface area (Å²) >= 11 is 0. The lowest BCUT2D eigenvalue weighted by Gasteiger charge is -2.55. The molecule has 1 heterocycles. The Bertz CT molecular complexity index is 237. The highest BCUT2D eigenvalue weighted by molar-refractivity contribution is 5.03. The van der Waals surface area contributed by atoms with Crippen molar-refractivity contribution >= 4 is 0 Å². The molecule has 2 nitrogen and oxygen atoms in total. The van der Waals surface area contributed by atoms with Crippen molar-refractivity contribution in [3.63, 3.8) is 0 Å². The maximum absolute atomic E-state index is 9.95. The first-order valence-corrected chi connectivity index (χ1v) is 5.92. The summed E-state index contributed by atoms with van der Waals surface area (Å²) in [5.41, 5.74) is 0.173. The number of hydrogen-bond acceptors (Lipinski definition) is 2. The van der Waals surface area contributed by atoms with Crippen molar-refractivity contribution in [3.8, 4) is 0 Å². The third-order valence-electron chi connectivity index (χ3n) is 3.87. The van der Waals surface area contributed by atoms with E-state index in [4.69, 9.17) is 0 Å². The molecule has 0 bridgehead atoms. The average molecular weight is 211 g/mol. The Balaban J connectivity index is 2.97. The zero-order valence-corrected chi connectivity index (χ0v) is 10.6. The fourth-order valence-electron chi connectivity index (χ4n) is 3.04. The van der Waals surface area contributed by atoms with Crippen LogP contribution >= 0.6 is 0 Å². The summed E-state index contributed by atoms with van der Waals surface area (Å²) < 4.78 is 0. The largest absolute Gasteiger partial charge is 0.393 e. The molecule has 15 heavy (non-hydrogen) atoms. The minimum absolute atomic E-state index is 0.0661. The lowest BCUT2D eigenvalue weighted by Crippen LogP contribution is -2.62. The van der Waals surface area contributed by atoms with Gasteiger partial charge in [0.2, 0.25) is 0 Å². The van der Waals surface area contributed by atoms with Crippen molar-refractivity contribution in [2.45, 2.75) is 64.1 Å². The highest BCUT2D eigenvalue weighted by Crippen LogP contribution is 2.40. The molecule has 0 aromatic rings. The molecule has 0 aliphatic carbocycles. The number of likely N-dealkylation sites (tertiary alicyclic amines) is 1. The van der Waals surface area contributed by atoms with E-state index in [0.29, 0.717) is 0 Å². The van der Waals surface area contributed by atoms with Gasteiger partial charge in [-0.3, -0.25) is 4.90 Å². The smallest absolute Gasteiger partial charge is 0.0575 e. The zero-order chi connectivity index (χ0) is 11.7. The molecule has 2 atom stereocenters. The number of aliphatic hydroxyl groups excluding tert-OH is 1. The fraction of sp³-hybridized carbons (Fsp3) is 0.846. The summed E-state index contributed by atoms with van der Waals surface area (Å²) in [6.07, 6.45) is 4.61. The van der Waals surface area contributed by atoms with E-state index < -0.39 is 0 Å². The lowest BCUT2D eigenvalue weighted by atomic mass is 9.76. The van der Waals surface area contributed by atoms with E-state index in [0.717, 1.165) is 25.8 Å². The highest BCUT2D eigenvalue weighted by atomic mass is 16.3. The molecule has 2 unspecified atom stereocenters. The first-order chi connectivity index (χ1) is 6.85. The van der Waals surface area contributed by atoms with Gasteiger partial charge in [0, 0.05) is 17.6 Å². The topological polar surface area (TPSA) is 23.5 Å². The molecule has 1 fully saturated rings. The van der Waals surface area contributed by atoms with Gasteiger partial charge in [-0.05, 0) is 40.0 Å². The van der Waals surface area contributed by atoms with Crippen LogP contribution in [0.4, 0.5) is 0 Å². The second kappa shape index (κ2) is 4.26. The molecule has 0 saturated carbocycles. The van der Waals surface area contributed by atoms with Gasteiger partial charge < -0.3 is 5.11 Å². The van der Waals surface area contributed by atoms with Crippen LogP contribution in [-0.2, 0) is 0 Å². The minimum Gasteiger partial charge on any atom is -0.393 e. The van der Waals surface area contributed by atoms with Crippen molar-refractivity contribution in [2.75, 3.05) is 6.54 Å². The molecule has 2 heteroatoms. The van der Waals surface area contributed by atoms with E-state index >= 15 is 0 Å². The maximum atomic E-state index is 9.95. The molecule has 0 aromatic heterocycles. The molecule has 1 aliphatic heterocycles. The Kier molecular flexibility index (Phi) is 3.62. The molecule has 1 saturated heterocycles. The van der Waals surface area contributed by atoms with E-state index in [1.807, 2.05) is 6.08 Å². The third kappa shape index (κ3) is 2.43. The summed E-state index contributed by atoms with van der Waals surface area (Å²) in [7, 11) is 0. The van der Waals surface area contributed by atoms with E-state index in [1.54, 1.807) is 0 Å². The van der Waals surface area contributed by atoms with Crippen LogP contribution in [0.5, 0.6) is 0 Å². The molecular formula is C13H25NO. The molecular weight excluding hydrogens is 186 g/mol. The Morgan fingerprint density at radius 2 is 2.00 bits per heavy atom. The Morgan fingerprint density at radius 3 is 2.47 bits per heavy atom. The van der Waals surface area contributed by atoms with Crippen LogP contribution in [0.15, 0.2) is 12.7 Å². The maximum Gasteiger partial charge on any atom is 0.0575 e. The number of hydrogen-bond donors (Lipinski definition) is 1. The molecule has 1 N–H and O–H groups in total. The summed E-state index contributed by atoms with van der Waals surface area (Å²) in [5, 5.41) is 9.95. The second-order valence-electron chi connectivity index (χ2n) is 5.62. The third-order valence-corrected chi connectivity index (χ3v) is 3.87. The summed E-state index contributed by atoms with van der Waals surface area (Å²) in [4.78, 5) is 2.49. The summed E-state index contributed by atoms with van der Waals surface area (Å²) in [5.74, 6) is 0. The van der Waals surface area contributed by atoms with Crippen LogP contribution in [0, 0.1) is 0 Å². The number of rotatable bonds is 3. The second-order valence-corrected chi connectivity index (χ2v) is 5.62. The summed E-state index contributed by atoms with van der Waals surface area (Å²) in [6, 6.07) is 0. The van der Waals surface area contributed by atoms with E-state index in [9.17, 15) is 5.11 Å². The standard InChI is InChI=1S/C13H25NO/c1-6-8-14-12(3,4)9-11(15)10-13(14,5)7-2/h6,11,15H,1,7-10H2,2-5H3. The van der Waals surface area contributed by atoms with Crippen LogP contribution < -0.4 is 0 Å². The molecule has 0 aromatic carbocycles. The SMILES string of the molecule is C=CCN1C(C)(C)CC(O)CC1(C)CC. The first-order valence-electron chi connectivity index (χ1n) is 5.92. The van der Waals surface area contributed by atoms with Gasteiger partial charge in [0.1, 0.15) is 0 Å². The molecule has 0 amide bonds.